The average Bonchev–Trinajstić information content (AvgIpc) is 2.83. The Morgan fingerprint density at radius 3 is 2.95 bits per heavy atom. The van der Waals surface area contributed by atoms with Crippen molar-refractivity contribution >= 4 is 27.3 Å². The zero-order valence-electron chi connectivity index (χ0n) is 11.6. The Bertz CT molecular complexity index is 559. The molecule has 0 bridgehead atoms. The van der Waals surface area contributed by atoms with E-state index < -0.39 is 0 Å². The molecule has 0 amide bonds. The zero-order chi connectivity index (χ0) is 14.4. The zero-order valence-corrected chi connectivity index (χ0v) is 14.1. The molecule has 2 aromatic rings. The summed E-state index contributed by atoms with van der Waals surface area (Å²) in [5.41, 5.74) is 2.04. The van der Waals surface area contributed by atoms with Gasteiger partial charge in [0.1, 0.15) is 5.01 Å². The SMILES string of the molecule is CCCNCc1sc(-c2cncc(Br)c2)nc1COC. The number of ether oxygens (including phenoxy) is 1. The first-order valence-corrected chi connectivity index (χ1v) is 8.14. The molecule has 4 nitrogen and oxygen atoms in total. The molecule has 20 heavy (non-hydrogen) atoms. The van der Waals surface area contributed by atoms with E-state index in [4.69, 9.17) is 4.74 Å². The maximum Gasteiger partial charge on any atom is 0.125 e. The van der Waals surface area contributed by atoms with Crippen LogP contribution in [-0.4, -0.2) is 23.6 Å². The number of hydrogen-bond acceptors (Lipinski definition) is 5. The summed E-state index contributed by atoms with van der Waals surface area (Å²) < 4.78 is 6.20. The molecule has 2 aromatic heterocycles. The highest BCUT2D eigenvalue weighted by atomic mass is 79.9. The van der Waals surface area contributed by atoms with Gasteiger partial charge in [0.2, 0.25) is 0 Å². The van der Waals surface area contributed by atoms with Gasteiger partial charge < -0.3 is 10.1 Å². The van der Waals surface area contributed by atoms with Gasteiger partial charge in [-0.3, -0.25) is 4.98 Å². The van der Waals surface area contributed by atoms with Gasteiger partial charge in [-0.15, -0.1) is 11.3 Å². The average molecular weight is 356 g/mol. The standard InChI is InChI=1S/C14H18BrN3OS/c1-3-4-16-8-13-12(9-19-2)18-14(20-13)10-5-11(15)7-17-6-10/h5-7,16H,3-4,8-9H2,1-2H3. The molecule has 0 aromatic carbocycles. The Hall–Kier alpha value is -0.820. The van der Waals surface area contributed by atoms with E-state index in [1.165, 1.54) is 4.88 Å². The first-order valence-electron chi connectivity index (χ1n) is 6.53. The maximum absolute atomic E-state index is 5.24. The van der Waals surface area contributed by atoms with Crippen LogP contribution in [0.5, 0.6) is 0 Å². The van der Waals surface area contributed by atoms with Gasteiger partial charge in [-0.05, 0) is 35.0 Å². The van der Waals surface area contributed by atoms with Crippen molar-refractivity contribution in [3.63, 3.8) is 0 Å². The quantitative estimate of drug-likeness (QED) is 0.770. The van der Waals surface area contributed by atoms with Crippen molar-refractivity contribution in [1.82, 2.24) is 15.3 Å². The van der Waals surface area contributed by atoms with E-state index in [0.29, 0.717) is 6.61 Å². The van der Waals surface area contributed by atoms with Crippen LogP contribution in [0.4, 0.5) is 0 Å². The summed E-state index contributed by atoms with van der Waals surface area (Å²) in [6.07, 6.45) is 4.74. The fraction of sp³-hybridized carbons (Fsp3) is 0.429. The predicted octanol–water partition coefficient (Wildman–Crippen LogP) is 3.61. The number of thiazole rings is 1. The van der Waals surface area contributed by atoms with E-state index >= 15 is 0 Å². The van der Waals surface area contributed by atoms with E-state index in [0.717, 1.165) is 40.2 Å². The van der Waals surface area contributed by atoms with Crippen LogP contribution >= 0.6 is 27.3 Å². The molecular weight excluding hydrogens is 338 g/mol. The molecule has 0 fully saturated rings. The molecule has 0 spiro atoms. The van der Waals surface area contributed by atoms with Gasteiger partial charge in [-0.25, -0.2) is 4.98 Å². The Morgan fingerprint density at radius 1 is 1.40 bits per heavy atom. The number of nitrogens with zero attached hydrogens (tertiary/aromatic N) is 2. The van der Waals surface area contributed by atoms with Crippen LogP contribution < -0.4 is 5.32 Å². The molecule has 0 saturated carbocycles. The summed E-state index contributed by atoms with van der Waals surface area (Å²) in [6.45, 7) is 4.55. The molecule has 0 aliphatic rings. The highest BCUT2D eigenvalue weighted by Crippen LogP contribution is 2.29. The van der Waals surface area contributed by atoms with Gasteiger partial charge in [0, 0.05) is 41.0 Å². The van der Waals surface area contributed by atoms with Crippen molar-refractivity contribution in [2.45, 2.75) is 26.5 Å². The smallest absolute Gasteiger partial charge is 0.125 e. The maximum atomic E-state index is 5.24. The van der Waals surface area contributed by atoms with Crippen molar-refractivity contribution in [1.29, 1.82) is 0 Å². The van der Waals surface area contributed by atoms with Gasteiger partial charge in [-0.2, -0.15) is 0 Å². The van der Waals surface area contributed by atoms with Crippen LogP contribution in [0.15, 0.2) is 22.9 Å². The monoisotopic (exact) mass is 355 g/mol. The van der Waals surface area contributed by atoms with Crippen molar-refractivity contribution in [2.24, 2.45) is 0 Å². The molecule has 0 atom stereocenters. The van der Waals surface area contributed by atoms with Crippen molar-refractivity contribution in [3.8, 4) is 10.6 Å². The topological polar surface area (TPSA) is 47.0 Å². The first kappa shape index (κ1) is 15.6. The summed E-state index contributed by atoms with van der Waals surface area (Å²) >= 11 is 5.14. The Balaban J connectivity index is 2.23. The molecule has 6 heteroatoms. The molecule has 0 saturated heterocycles. The number of nitrogens with one attached hydrogen (secondary N) is 1. The van der Waals surface area contributed by atoms with E-state index in [-0.39, 0.29) is 0 Å². The van der Waals surface area contributed by atoms with Crippen LogP contribution in [0, 0.1) is 0 Å². The Kier molecular flexibility index (Phi) is 6.09. The van der Waals surface area contributed by atoms with E-state index in [2.05, 4.69) is 38.1 Å². The molecule has 0 aliphatic heterocycles. The number of rotatable bonds is 7. The molecule has 1 N–H and O–H groups in total. The molecule has 2 rings (SSSR count). The van der Waals surface area contributed by atoms with Crippen LogP contribution in [-0.2, 0) is 17.9 Å². The van der Waals surface area contributed by atoms with E-state index in [1.54, 1.807) is 24.6 Å². The lowest BCUT2D eigenvalue weighted by Crippen LogP contribution is -2.14. The minimum atomic E-state index is 0.543. The fourth-order valence-corrected chi connectivity index (χ4v) is 3.18. The normalized spacial score (nSPS) is 10.9. The summed E-state index contributed by atoms with van der Waals surface area (Å²) in [4.78, 5) is 10.1. The van der Waals surface area contributed by atoms with Crippen molar-refractivity contribution < 1.29 is 4.74 Å². The lowest BCUT2D eigenvalue weighted by molar-refractivity contribution is 0.181. The molecule has 108 valence electrons. The third-order valence-corrected chi connectivity index (χ3v) is 4.30. The lowest BCUT2D eigenvalue weighted by atomic mass is 10.3. The van der Waals surface area contributed by atoms with Gasteiger partial charge >= 0.3 is 0 Å². The second-order valence-electron chi connectivity index (χ2n) is 4.39. The highest BCUT2D eigenvalue weighted by molar-refractivity contribution is 9.10. The minimum absolute atomic E-state index is 0.543. The molecule has 0 aliphatic carbocycles. The van der Waals surface area contributed by atoms with E-state index in [1.807, 2.05) is 12.3 Å². The lowest BCUT2D eigenvalue weighted by Gasteiger charge is -2.02. The number of halogens is 1. The predicted molar refractivity (Wildman–Crippen MR) is 85.8 cm³/mol. The van der Waals surface area contributed by atoms with Crippen molar-refractivity contribution in [2.75, 3.05) is 13.7 Å². The van der Waals surface area contributed by atoms with Crippen LogP contribution in [0.25, 0.3) is 10.6 Å². The first-order chi connectivity index (χ1) is 9.74. The van der Waals surface area contributed by atoms with Gasteiger partial charge in [-0.1, -0.05) is 6.92 Å². The molecular formula is C14H18BrN3OS. The third-order valence-electron chi connectivity index (χ3n) is 2.72. The molecule has 0 unspecified atom stereocenters. The highest BCUT2D eigenvalue weighted by Gasteiger charge is 2.12. The van der Waals surface area contributed by atoms with Crippen LogP contribution in [0.3, 0.4) is 0 Å². The second kappa shape index (κ2) is 7.83. The molecule has 2 heterocycles. The second-order valence-corrected chi connectivity index (χ2v) is 6.39. The van der Waals surface area contributed by atoms with Gasteiger partial charge in [0.25, 0.3) is 0 Å². The minimum Gasteiger partial charge on any atom is -0.378 e. The number of methoxy groups -OCH3 is 1. The summed E-state index contributed by atoms with van der Waals surface area (Å²) in [5, 5.41) is 4.40. The van der Waals surface area contributed by atoms with Crippen LogP contribution in [0.2, 0.25) is 0 Å². The summed E-state index contributed by atoms with van der Waals surface area (Å²) in [5.74, 6) is 0. The van der Waals surface area contributed by atoms with Crippen molar-refractivity contribution in [3.05, 3.63) is 33.5 Å². The number of aromatic nitrogens is 2. The fourth-order valence-electron chi connectivity index (χ4n) is 1.80. The Morgan fingerprint density at radius 2 is 2.25 bits per heavy atom. The summed E-state index contributed by atoms with van der Waals surface area (Å²) in [7, 11) is 1.70. The van der Waals surface area contributed by atoms with Crippen LogP contribution in [0.1, 0.15) is 23.9 Å². The van der Waals surface area contributed by atoms with Gasteiger partial charge in [0.05, 0.1) is 12.3 Å². The third kappa shape index (κ3) is 4.09. The number of pyridine rings is 1. The summed E-state index contributed by atoms with van der Waals surface area (Å²) in [6, 6.07) is 2.03. The van der Waals surface area contributed by atoms with E-state index in [9.17, 15) is 0 Å². The Labute approximate surface area is 131 Å². The largest absolute Gasteiger partial charge is 0.378 e. The number of hydrogen-bond donors (Lipinski definition) is 1. The van der Waals surface area contributed by atoms with Gasteiger partial charge in [0.15, 0.2) is 0 Å². The molecule has 0 radical (unpaired) electrons.